The number of β-lactam (4-membered cyclic amide) rings is 1. The average Bonchev–Trinajstić information content (AvgIpc) is 2.92. The van der Waals surface area contributed by atoms with Crippen LogP contribution in [0.15, 0.2) is 62.9 Å². The number of halogens is 2. The standard InChI is InChI=1S/C26H29Cl2N5O6S3/c27-15-8-16(28)10-26(30,9-15)42-13-19(34)31-20-22(35)33-21(25(38)39)14(12-41-23(20)33)11-40-17-3-6-32(7-4-17)5-1-2-18(29)24(36)37/h3-4,6-9,18,20,23H,1-2,5,10-13,29-30H2,(H2-,31,34,36,37,38,39)/p+1/t18-,20+,23+,26?/m0/s1. The summed E-state index contributed by atoms with van der Waals surface area (Å²) < 4.78 is 1.92. The van der Waals surface area contributed by atoms with E-state index in [1.807, 2.05) is 29.1 Å². The number of pyridine rings is 1. The number of hydrogen-bond donors (Lipinski definition) is 5. The number of aliphatic carboxylic acids is 2. The van der Waals surface area contributed by atoms with Crippen molar-refractivity contribution in [1.29, 1.82) is 0 Å². The lowest BCUT2D eigenvalue weighted by Crippen LogP contribution is -2.70. The maximum Gasteiger partial charge on any atom is 0.352 e. The Hall–Kier alpha value is -2.20. The molecule has 3 aliphatic rings. The molecule has 16 heteroatoms. The molecule has 42 heavy (non-hydrogen) atoms. The number of carboxylic acids is 2. The van der Waals surface area contributed by atoms with Crippen LogP contribution in [0.5, 0.6) is 0 Å². The van der Waals surface area contributed by atoms with Crippen molar-refractivity contribution in [3.05, 3.63) is 58.0 Å². The largest absolute Gasteiger partial charge is 0.480 e. The summed E-state index contributed by atoms with van der Waals surface area (Å²) in [5.74, 6) is -2.32. The minimum Gasteiger partial charge on any atom is -0.480 e. The van der Waals surface area contributed by atoms with Crippen LogP contribution >= 0.6 is 58.5 Å². The summed E-state index contributed by atoms with van der Waals surface area (Å²) >= 11 is 16.2. The molecule has 1 unspecified atom stereocenters. The summed E-state index contributed by atoms with van der Waals surface area (Å²) in [5, 5.41) is 21.9. The van der Waals surface area contributed by atoms with Crippen LogP contribution in [-0.4, -0.2) is 78.5 Å². The highest BCUT2D eigenvalue weighted by atomic mass is 35.5. The Morgan fingerprint density at radius 3 is 2.62 bits per heavy atom. The number of thioether (sulfide) groups is 3. The molecule has 1 aliphatic carbocycles. The van der Waals surface area contributed by atoms with E-state index in [1.54, 1.807) is 12.2 Å². The summed E-state index contributed by atoms with van der Waals surface area (Å²) in [6, 6.07) is 2.08. The summed E-state index contributed by atoms with van der Waals surface area (Å²) in [5.41, 5.74) is 12.4. The molecule has 1 aromatic heterocycles. The van der Waals surface area contributed by atoms with Crippen LogP contribution in [0.4, 0.5) is 0 Å². The van der Waals surface area contributed by atoms with E-state index in [2.05, 4.69) is 5.32 Å². The number of amides is 2. The normalized spacial score (nSPS) is 24.3. The van der Waals surface area contributed by atoms with Crippen LogP contribution < -0.4 is 21.4 Å². The van der Waals surface area contributed by atoms with Gasteiger partial charge in [-0.05, 0) is 24.1 Å². The predicted molar refractivity (Wildman–Crippen MR) is 164 cm³/mol. The first-order valence-electron chi connectivity index (χ1n) is 12.8. The van der Waals surface area contributed by atoms with Crippen molar-refractivity contribution in [2.75, 3.05) is 17.3 Å². The number of carboxylic acid groups (broad SMARTS) is 2. The summed E-state index contributed by atoms with van der Waals surface area (Å²) in [6.45, 7) is 0.621. The Labute approximate surface area is 265 Å². The first kappa shape index (κ1) is 32.7. The van der Waals surface area contributed by atoms with Gasteiger partial charge in [-0.3, -0.25) is 19.3 Å². The van der Waals surface area contributed by atoms with Crippen molar-refractivity contribution in [2.24, 2.45) is 11.5 Å². The zero-order valence-corrected chi connectivity index (χ0v) is 26.2. The van der Waals surface area contributed by atoms with Crippen LogP contribution in [0, 0.1) is 0 Å². The molecule has 0 saturated carbocycles. The zero-order chi connectivity index (χ0) is 30.6. The topological polar surface area (TPSA) is 180 Å². The molecule has 4 atom stereocenters. The van der Waals surface area contributed by atoms with E-state index < -0.39 is 46.1 Å². The lowest BCUT2D eigenvalue weighted by atomic mass is 10.0. The highest BCUT2D eigenvalue weighted by molar-refractivity contribution is 8.01. The Bertz CT molecular complexity index is 1360. The quantitative estimate of drug-likeness (QED) is 0.0894. The van der Waals surface area contributed by atoms with Crippen LogP contribution in [-0.2, 0) is 25.7 Å². The van der Waals surface area contributed by atoms with E-state index >= 15 is 0 Å². The molecule has 4 rings (SSSR count). The Morgan fingerprint density at radius 1 is 1.26 bits per heavy atom. The van der Waals surface area contributed by atoms with Crippen molar-refractivity contribution in [1.82, 2.24) is 10.2 Å². The summed E-state index contributed by atoms with van der Waals surface area (Å²) in [7, 11) is 0. The first-order valence-corrected chi connectivity index (χ1v) is 16.6. The number of fused-ring (bicyclic) bond motifs is 1. The van der Waals surface area contributed by atoms with Gasteiger partial charge in [-0.15, -0.1) is 35.3 Å². The van der Waals surface area contributed by atoms with Gasteiger partial charge in [-0.2, -0.15) is 0 Å². The van der Waals surface area contributed by atoms with Crippen LogP contribution in [0.1, 0.15) is 19.3 Å². The van der Waals surface area contributed by atoms with Gasteiger partial charge in [0.2, 0.25) is 5.91 Å². The third kappa shape index (κ3) is 8.04. The van der Waals surface area contributed by atoms with E-state index in [0.717, 1.165) is 16.7 Å². The number of carbonyl (C=O) groups is 4. The molecule has 1 saturated heterocycles. The van der Waals surface area contributed by atoms with Gasteiger partial charge in [0, 0.05) is 51.4 Å². The SMILES string of the molecule is N[C@@H](CCC[n+]1ccc(SCC2=C(C(=O)O)N3C(=O)[C@@H](NC(=O)CSC4(N)C=C(Cl)C=C(Cl)C4)[C@H]3SC2)cc1)C(=O)O. The zero-order valence-electron chi connectivity index (χ0n) is 22.2. The predicted octanol–water partition coefficient (Wildman–Crippen LogP) is 2.03. The number of aryl methyl sites for hydroxylation is 1. The molecule has 0 aromatic carbocycles. The van der Waals surface area contributed by atoms with Crippen LogP contribution in [0.25, 0.3) is 0 Å². The minimum absolute atomic E-state index is 0.0288. The average molecular weight is 676 g/mol. The third-order valence-corrected chi connectivity index (χ3v) is 10.8. The van der Waals surface area contributed by atoms with Crippen molar-refractivity contribution in [3.8, 4) is 0 Å². The second-order valence-corrected chi connectivity index (χ2v) is 14.3. The number of rotatable bonds is 13. The van der Waals surface area contributed by atoms with E-state index in [1.165, 1.54) is 28.4 Å². The van der Waals surface area contributed by atoms with Gasteiger partial charge < -0.3 is 27.0 Å². The summed E-state index contributed by atoms with van der Waals surface area (Å²) in [4.78, 5) is 49.9. The second kappa shape index (κ2) is 14.1. The number of nitrogens with zero attached hydrogens (tertiary/aromatic N) is 2. The van der Waals surface area contributed by atoms with Crippen molar-refractivity contribution in [2.45, 2.75) is 53.0 Å². The lowest BCUT2D eigenvalue weighted by Gasteiger charge is -2.49. The van der Waals surface area contributed by atoms with Gasteiger partial charge in [-0.1, -0.05) is 23.2 Å². The van der Waals surface area contributed by atoms with Crippen LogP contribution in [0.2, 0.25) is 0 Å². The molecule has 11 nitrogen and oxygen atoms in total. The van der Waals surface area contributed by atoms with E-state index in [4.69, 9.17) is 39.8 Å². The number of carbonyl (C=O) groups excluding carboxylic acids is 2. The molecule has 3 heterocycles. The monoisotopic (exact) mass is 674 g/mol. The fourth-order valence-corrected chi connectivity index (χ4v) is 8.75. The van der Waals surface area contributed by atoms with Gasteiger partial charge in [-0.25, -0.2) is 9.36 Å². The lowest BCUT2D eigenvalue weighted by molar-refractivity contribution is -0.697. The Balaban J connectivity index is 1.30. The van der Waals surface area contributed by atoms with Gasteiger partial charge >= 0.3 is 11.9 Å². The van der Waals surface area contributed by atoms with Gasteiger partial charge in [0.15, 0.2) is 12.4 Å². The van der Waals surface area contributed by atoms with E-state index in [-0.39, 0.29) is 11.4 Å². The fraction of sp³-hybridized carbons (Fsp3) is 0.423. The fourth-order valence-electron chi connectivity index (χ4n) is 4.57. The Morgan fingerprint density at radius 2 is 1.98 bits per heavy atom. The number of nitrogens with two attached hydrogens (primary N) is 2. The molecule has 0 spiro atoms. The molecule has 2 amide bonds. The maximum absolute atomic E-state index is 13.0. The molecular weight excluding hydrogens is 645 g/mol. The second-order valence-electron chi connectivity index (χ2n) is 9.90. The molecule has 1 aromatic rings. The number of allylic oxidation sites excluding steroid dienone is 2. The molecule has 226 valence electrons. The van der Waals surface area contributed by atoms with E-state index in [9.17, 15) is 24.3 Å². The molecule has 0 radical (unpaired) electrons. The number of hydrogen-bond acceptors (Lipinski definition) is 9. The first-order chi connectivity index (χ1) is 19.9. The van der Waals surface area contributed by atoms with Crippen molar-refractivity contribution < 1.29 is 34.0 Å². The van der Waals surface area contributed by atoms with Gasteiger partial charge in [0.05, 0.1) is 10.6 Å². The summed E-state index contributed by atoms with van der Waals surface area (Å²) in [6.07, 6.45) is 8.27. The smallest absolute Gasteiger partial charge is 0.352 e. The number of nitrogens with one attached hydrogen (secondary N) is 1. The molecule has 7 N–H and O–H groups in total. The molecular formula is C26H30Cl2N5O6S3+. The Kier molecular flexibility index (Phi) is 10.9. The van der Waals surface area contributed by atoms with Crippen molar-refractivity contribution >= 4 is 82.2 Å². The molecule has 0 bridgehead atoms. The van der Waals surface area contributed by atoms with Gasteiger partial charge in [0.1, 0.15) is 29.7 Å². The number of aromatic nitrogens is 1. The highest BCUT2D eigenvalue weighted by Crippen LogP contribution is 2.42. The molecule has 1 fully saturated rings. The minimum atomic E-state index is -1.19. The third-order valence-electron chi connectivity index (χ3n) is 6.68. The van der Waals surface area contributed by atoms with Gasteiger partial charge in [0.25, 0.3) is 5.91 Å². The van der Waals surface area contributed by atoms with Crippen LogP contribution in [0.3, 0.4) is 0 Å². The van der Waals surface area contributed by atoms with E-state index in [0.29, 0.717) is 53.0 Å². The molecule has 2 aliphatic heterocycles. The highest BCUT2D eigenvalue weighted by Gasteiger charge is 2.54. The maximum atomic E-state index is 13.0. The van der Waals surface area contributed by atoms with Crippen molar-refractivity contribution in [3.63, 3.8) is 0 Å².